The topological polar surface area (TPSA) is 63.5 Å². The third-order valence-corrected chi connectivity index (χ3v) is 3.85. The summed E-state index contributed by atoms with van der Waals surface area (Å²) in [4.78, 5) is 4.68. The predicted molar refractivity (Wildman–Crippen MR) is 107 cm³/mol. The summed E-state index contributed by atoms with van der Waals surface area (Å²) < 4.78 is 7.91. The SMILES string of the molecule is CCNC(=NCC(C)Cn1cccn1)NCC(C)Oc1cccc(C)c1. The lowest BCUT2D eigenvalue weighted by molar-refractivity contribution is 0.223. The molecule has 6 nitrogen and oxygen atoms in total. The van der Waals surface area contributed by atoms with Crippen molar-refractivity contribution in [2.45, 2.75) is 40.3 Å². The van der Waals surface area contributed by atoms with Crippen molar-refractivity contribution in [2.75, 3.05) is 19.6 Å². The van der Waals surface area contributed by atoms with Crippen molar-refractivity contribution in [1.82, 2.24) is 20.4 Å². The Bertz CT molecular complexity index is 669. The average molecular weight is 358 g/mol. The number of aliphatic imine (C=N–C) groups is 1. The molecule has 0 amide bonds. The third-order valence-electron chi connectivity index (χ3n) is 3.85. The lowest BCUT2D eigenvalue weighted by atomic mass is 10.2. The van der Waals surface area contributed by atoms with Crippen LogP contribution < -0.4 is 15.4 Å². The molecular formula is C20H31N5O. The van der Waals surface area contributed by atoms with Crippen molar-refractivity contribution >= 4 is 5.96 Å². The van der Waals surface area contributed by atoms with E-state index in [0.717, 1.165) is 31.3 Å². The first-order valence-electron chi connectivity index (χ1n) is 9.29. The van der Waals surface area contributed by atoms with Crippen molar-refractivity contribution in [3.8, 4) is 5.75 Å². The standard InChI is InChI=1S/C20H31N5O/c1-5-21-20(22-13-17(3)15-25-11-7-10-24-25)23-14-18(4)26-19-9-6-8-16(2)12-19/h6-12,17-18H,5,13-15H2,1-4H3,(H2,21,22,23). The fourth-order valence-corrected chi connectivity index (χ4v) is 2.58. The minimum absolute atomic E-state index is 0.0437. The molecule has 142 valence electrons. The number of guanidine groups is 1. The Morgan fingerprint density at radius 1 is 1.27 bits per heavy atom. The van der Waals surface area contributed by atoms with Gasteiger partial charge < -0.3 is 15.4 Å². The first-order chi connectivity index (χ1) is 12.6. The quantitative estimate of drug-likeness (QED) is 0.535. The van der Waals surface area contributed by atoms with Crippen molar-refractivity contribution in [2.24, 2.45) is 10.9 Å². The molecular weight excluding hydrogens is 326 g/mol. The Morgan fingerprint density at radius 3 is 2.81 bits per heavy atom. The number of rotatable bonds is 9. The zero-order valence-corrected chi connectivity index (χ0v) is 16.3. The van der Waals surface area contributed by atoms with Crippen LogP contribution >= 0.6 is 0 Å². The van der Waals surface area contributed by atoms with Gasteiger partial charge in [-0.1, -0.05) is 19.1 Å². The van der Waals surface area contributed by atoms with Crippen molar-refractivity contribution in [3.05, 3.63) is 48.3 Å². The zero-order valence-electron chi connectivity index (χ0n) is 16.3. The number of hydrogen-bond donors (Lipinski definition) is 2. The molecule has 1 heterocycles. The van der Waals surface area contributed by atoms with Crippen LogP contribution in [0.4, 0.5) is 0 Å². The van der Waals surface area contributed by atoms with Gasteiger partial charge in [0.1, 0.15) is 11.9 Å². The van der Waals surface area contributed by atoms with E-state index in [-0.39, 0.29) is 6.10 Å². The minimum atomic E-state index is 0.0437. The number of aryl methyl sites for hydroxylation is 1. The molecule has 0 saturated heterocycles. The lowest BCUT2D eigenvalue weighted by Crippen LogP contribution is -2.42. The largest absolute Gasteiger partial charge is 0.489 e. The van der Waals surface area contributed by atoms with Gasteiger partial charge in [0.2, 0.25) is 0 Å². The van der Waals surface area contributed by atoms with Gasteiger partial charge in [-0.3, -0.25) is 9.67 Å². The van der Waals surface area contributed by atoms with Crippen LogP contribution in [0.5, 0.6) is 5.75 Å². The second kappa shape index (κ2) is 10.5. The molecule has 0 spiro atoms. The molecule has 26 heavy (non-hydrogen) atoms. The molecule has 2 N–H and O–H groups in total. The van der Waals surface area contributed by atoms with E-state index in [0.29, 0.717) is 12.5 Å². The van der Waals surface area contributed by atoms with Crippen LogP contribution in [0.3, 0.4) is 0 Å². The van der Waals surface area contributed by atoms with Gasteiger partial charge in [0.15, 0.2) is 5.96 Å². The van der Waals surface area contributed by atoms with Gasteiger partial charge in [-0.2, -0.15) is 5.10 Å². The summed E-state index contributed by atoms with van der Waals surface area (Å²) in [5, 5.41) is 10.9. The summed E-state index contributed by atoms with van der Waals surface area (Å²) in [5.74, 6) is 2.12. The number of ether oxygens (including phenoxy) is 1. The molecule has 1 aromatic heterocycles. The van der Waals surface area contributed by atoms with Crippen LogP contribution in [0.15, 0.2) is 47.7 Å². The highest BCUT2D eigenvalue weighted by atomic mass is 16.5. The van der Waals surface area contributed by atoms with Gasteiger partial charge in [-0.25, -0.2) is 0 Å². The molecule has 1 aromatic carbocycles. The summed E-state index contributed by atoms with van der Waals surface area (Å²) in [7, 11) is 0. The number of benzene rings is 1. The van der Waals surface area contributed by atoms with Gasteiger partial charge in [-0.15, -0.1) is 0 Å². The molecule has 0 aliphatic carbocycles. The van der Waals surface area contributed by atoms with E-state index in [1.807, 2.05) is 35.1 Å². The molecule has 0 bridgehead atoms. The molecule has 6 heteroatoms. The minimum Gasteiger partial charge on any atom is -0.489 e. The van der Waals surface area contributed by atoms with Crippen LogP contribution in [0, 0.1) is 12.8 Å². The number of hydrogen-bond acceptors (Lipinski definition) is 3. The Kier molecular flexibility index (Phi) is 7.99. The van der Waals surface area contributed by atoms with Gasteiger partial charge in [0.05, 0.1) is 6.54 Å². The normalized spacial score (nSPS) is 13.9. The first kappa shape index (κ1) is 19.8. The van der Waals surface area contributed by atoms with Crippen molar-refractivity contribution in [3.63, 3.8) is 0 Å². The van der Waals surface area contributed by atoms with E-state index in [9.17, 15) is 0 Å². The van der Waals surface area contributed by atoms with Crippen molar-refractivity contribution < 1.29 is 4.74 Å². The predicted octanol–water partition coefficient (Wildman–Crippen LogP) is 2.85. The maximum Gasteiger partial charge on any atom is 0.191 e. The smallest absolute Gasteiger partial charge is 0.191 e. The number of nitrogens with zero attached hydrogens (tertiary/aromatic N) is 3. The Morgan fingerprint density at radius 2 is 2.12 bits per heavy atom. The van der Waals surface area contributed by atoms with Gasteiger partial charge in [0.25, 0.3) is 0 Å². The van der Waals surface area contributed by atoms with Crippen LogP contribution in [0.2, 0.25) is 0 Å². The molecule has 2 aromatic rings. The molecule has 2 rings (SSSR count). The second-order valence-corrected chi connectivity index (χ2v) is 6.68. The monoisotopic (exact) mass is 357 g/mol. The fourth-order valence-electron chi connectivity index (χ4n) is 2.58. The van der Waals surface area contributed by atoms with Crippen LogP contribution in [0.25, 0.3) is 0 Å². The molecule has 0 fully saturated rings. The Hall–Kier alpha value is -2.50. The van der Waals surface area contributed by atoms with Gasteiger partial charge in [-0.05, 0) is 50.5 Å². The Labute approximate surface area is 156 Å². The van der Waals surface area contributed by atoms with Crippen molar-refractivity contribution in [1.29, 1.82) is 0 Å². The highest BCUT2D eigenvalue weighted by molar-refractivity contribution is 5.79. The van der Waals surface area contributed by atoms with Crippen LogP contribution in [0.1, 0.15) is 26.3 Å². The fraction of sp³-hybridized carbons (Fsp3) is 0.500. The van der Waals surface area contributed by atoms with E-state index in [4.69, 9.17) is 4.74 Å². The van der Waals surface area contributed by atoms with E-state index in [1.54, 1.807) is 6.20 Å². The molecule has 0 radical (unpaired) electrons. The molecule has 0 aliphatic rings. The van der Waals surface area contributed by atoms with E-state index in [1.165, 1.54) is 5.56 Å². The van der Waals surface area contributed by atoms with E-state index < -0.39 is 0 Å². The van der Waals surface area contributed by atoms with Gasteiger partial charge >= 0.3 is 0 Å². The van der Waals surface area contributed by atoms with Crippen LogP contribution in [-0.2, 0) is 6.54 Å². The maximum absolute atomic E-state index is 5.96. The molecule has 2 atom stereocenters. The molecule has 0 saturated carbocycles. The van der Waals surface area contributed by atoms with Gasteiger partial charge in [0, 0.05) is 32.0 Å². The summed E-state index contributed by atoms with van der Waals surface area (Å²) in [6.07, 6.45) is 3.83. The zero-order chi connectivity index (χ0) is 18.8. The summed E-state index contributed by atoms with van der Waals surface area (Å²) in [6, 6.07) is 10.1. The molecule has 2 unspecified atom stereocenters. The number of aromatic nitrogens is 2. The highest BCUT2D eigenvalue weighted by Gasteiger charge is 2.07. The third kappa shape index (κ3) is 7.17. The number of nitrogens with one attached hydrogen (secondary N) is 2. The summed E-state index contributed by atoms with van der Waals surface area (Å²) in [6.45, 7) is 11.5. The van der Waals surface area contributed by atoms with E-state index in [2.05, 4.69) is 54.5 Å². The first-order valence-corrected chi connectivity index (χ1v) is 9.29. The highest BCUT2D eigenvalue weighted by Crippen LogP contribution is 2.13. The molecule has 0 aliphatic heterocycles. The summed E-state index contributed by atoms with van der Waals surface area (Å²) in [5.41, 5.74) is 1.20. The maximum atomic E-state index is 5.96. The Balaban J connectivity index is 1.80. The van der Waals surface area contributed by atoms with E-state index >= 15 is 0 Å². The van der Waals surface area contributed by atoms with Crippen LogP contribution in [-0.4, -0.2) is 41.5 Å². The lowest BCUT2D eigenvalue weighted by Gasteiger charge is -2.18. The summed E-state index contributed by atoms with van der Waals surface area (Å²) >= 11 is 0. The average Bonchev–Trinajstić information content (AvgIpc) is 3.10. The second-order valence-electron chi connectivity index (χ2n) is 6.68.